The van der Waals surface area contributed by atoms with Crippen molar-refractivity contribution in [2.45, 2.75) is 57.6 Å². The summed E-state index contributed by atoms with van der Waals surface area (Å²) in [5, 5.41) is 10.2. The maximum Gasteiger partial charge on any atom is 0.339 e. The third-order valence-corrected chi connectivity index (χ3v) is 5.68. The number of amides is 1. The zero-order valence-electron chi connectivity index (χ0n) is 15.8. The maximum absolute atomic E-state index is 12.6. The van der Waals surface area contributed by atoms with Gasteiger partial charge in [0.15, 0.2) is 6.10 Å². The average Bonchev–Trinajstić information content (AvgIpc) is 3.17. The Morgan fingerprint density at radius 3 is 2.71 bits per heavy atom. The van der Waals surface area contributed by atoms with Gasteiger partial charge in [-0.2, -0.15) is 0 Å². The Labute approximate surface area is 161 Å². The lowest BCUT2D eigenvalue weighted by Crippen LogP contribution is -2.46. The van der Waals surface area contributed by atoms with Gasteiger partial charge in [-0.3, -0.25) is 4.79 Å². The molecular weight excluding hydrogens is 362 g/mol. The molecule has 28 heavy (non-hydrogen) atoms. The lowest BCUT2D eigenvalue weighted by atomic mass is 9.91. The molecule has 7 heteroatoms. The highest BCUT2D eigenvalue weighted by Gasteiger charge is 2.36. The van der Waals surface area contributed by atoms with E-state index in [1.165, 1.54) is 4.90 Å². The van der Waals surface area contributed by atoms with Crippen LogP contribution in [-0.2, 0) is 22.4 Å². The van der Waals surface area contributed by atoms with Gasteiger partial charge in [-0.05, 0) is 63.1 Å². The smallest absolute Gasteiger partial charge is 0.339 e. The number of carboxylic acid groups (broad SMARTS) is 1. The quantitative estimate of drug-likeness (QED) is 0.813. The highest BCUT2D eigenvalue weighted by molar-refractivity contribution is 5.87. The first-order valence-corrected chi connectivity index (χ1v) is 9.74. The third-order valence-electron chi connectivity index (χ3n) is 5.68. The molecule has 1 N–H and O–H groups in total. The summed E-state index contributed by atoms with van der Waals surface area (Å²) in [7, 11) is 0. The van der Waals surface area contributed by atoms with Crippen LogP contribution in [0, 0.1) is 0 Å². The second kappa shape index (κ2) is 7.30. The Bertz CT molecular complexity index is 994. The zero-order chi connectivity index (χ0) is 19.8. The molecule has 148 valence electrons. The minimum absolute atomic E-state index is 0.301. The largest absolute Gasteiger partial charge is 0.481 e. The van der Waals surface area contributed by atoms with E-state index in [2.05, 4.69) is 0 Å². The Balaban J connectivity index is 1.57. The number of carbonyl (C=O) groups is 2. The summed E-state index contributed by atoms with van der Waals surface area (Å²) in [5.74, 6) is -0.925. The van der Waals surface area contributed by atoms with Gasteiger partial charge in [0.25, 0.3) is 5.91 Å². The lowest BCUT2D eigenvalue weighted by Gasteiger charge is -2.25. The number of fused-ring (bicyclic) bond motifs is 3. The molecule has 1 amide bonds. The van der Waals surface area contributed by atoms with Gasteiger partial charge in [0.05, 0.1) is 0 Å². The molecule has 1 aromatic carbocycles. The fourth-order valence-corrected chi connectivity index (χ4v) is 4.27. The van der Waals surface area contributed by atoms with Crippen LogP contribution in [0.4, 0.5) is 0 Å². The molecule has 1 aliphatic carbocycles. The Hall–Kier alpha value is -2.83. The molecule has 0 bridgehead atoms. The number of carbonyl (C=O) groups excluding carboxylic acids is 1. The normalized spacial score (nSPS) is 20.0. The zero-order valence-corrected chi connectivity index (χ0v) is 15.8. The summed E-state index contributed by atoms with van der Waals surface area (Å²) in [6.07, 6.45) is 3.95. The molecular formula is C21H23NO6. The van der Waals surface area contributed by atoms with Crippen LogP contribution in [0.15, 0.2) is 27.4 Å². The number of hydrogen-bond acceptors (Lipinski definition) is 5. The van der Waals surface area contributed by atoms with Crippen LogP contribution in [0.2, 0.25) is 0 Å². The van der Waals surface area contributed by atoms with E-state index in [0.29, 0.717) is 30.7 Å². The number of aryl methyl sites for hydroxylation is 1. The first-order valence-electron chi connectivity index (χ1n) is 9.74. The van der Waals surface area contributed by atoms with Crippen LogP contribution in [0.3, 0.4) is 0 Å². The van der Waals surface area contributed by atoms with Crippen molar-refractivity contribution >= 4 is 22.8 Å². The molecule has 1 saturated heterocycles. The van der Waals surface area contributed by atoms with Gasteiger partial charge in [0.2, 0.25) is 0 Å². The molecule has 7 nitrogen and oxygen atoms in total. The van der Waals surface area contributed by atoms with Gasteiger partial charge in [-0.15, -0.1) is 0 Å². The molecule has 0 saturated carbocycles. The minimum Gasteiger partial charge on any atom is -0.481 e. The summed E-state index contributed by atoms with van der Waals surface area (Å²) >= 11 is 0. The molecule has 0 unspecified atom stereocenters. The van der Waals surface area contributed by atoms with E-state index in [-0.39, 0.29) is 11.5 Å². The van der Waals surface area contributed by atoms with Gasteiger partial charge in [0, 0.05) is 23.6 Å². The molecule has 1 fully saturated rings. The van der Waals surface area contributed by atoms with E-state index in [1.54, 1.807) is 19.1 Å². The SMILES string of the molecule is C[C@H](Oc1ccc2c3c(c(=O)oc2c1)CCCC3)C(=O)N1CCC[C@@H]1C(=O)O. The van der Waals surface area contributed by atoms with Crippen molar-refractivity contribution in [1.82, 2.24) is 4.90 Å². The number of carboxylic acids is 1. The Morgan fingerprint density at radius 2 is 1.96 bits per heavy atom. The van der Waals surface area contributed by atoms with Gasteiger partial charge in [-0.25, -0.2) is 9.59 Å². The molecule has 1 aromatic heterocycles. The molecule has 2 atom stereocenters. The van der Waals surface area contributed by atoms with Crippen LogP contribution < -0.4 is 10.4 Å². The van der Waals surface area contributed by atoms with Crippen molar-refractivity contribution in [3.8, 4) is 5.75 Å². The van der Waals surface area contributed by atoms with Crippen molar-refractivity contribution in [3.05, 3.63) is 39.7 Å². The number of rotatable bonds is 4. The number of nitrogens with zero attached hydrogens (tertiary/aromatic N) is 1. The molecule has 1 aliphatic heterocycles. The minimum atomic E-state index is -0.990. The van der Waals surface area contributed by atoms with Gasteiger partial charge >= 0.3 is 11.6 Å². The fourth-order valence-electron chi connectivity index (χ4n) is 4.27. The predicted octanol–water partition coefficient (Wildman–Crippen LogP) is 2.51. The molecule has 2 heterocycles. The van der Waals surface area contributed by atoms with E-state index >= 15 is 0 Å². The summed E-state index contributed by atoms with van der Waals surface area (Å²) < 4.78 is 11.2. The van der Waals surface area contributed by atoms with Crippen molar-refractivity contribution < 1.29 is 23.8 Å². The summed E-state index contributed by atoms with van der Waals surface area (Å²) in [4.78, 5) is 37.6. The van der Waals surface area contributed by atoms with Crippen LogP contribution in [0.25, 0.3) is 11.0 Å². The number of ether oxygens (including phenoxy) is 1. The van der Waals surface area contributed by atoms with Crippen molar-refractivity contribution in [1.29, 1.82) is 0 Å². The number of benzene rings is 1. The fraction of sp³-hybridized carbons (Fsp3) is 0.476. The lowest BCUT2D eigenvalue weighted by molar-refractivity contribution is -0.150. The molecule has 2 aliphatic rings. The number of likely N-dealkylation sites (tertiary alicyclic amines) is 1. The van der Waals surface area contributed by atoms with E-state index in [1.807, 2.05) is 6.07 Å². The second-order valence-corrected chi connectivity index (χ2v) is 7.50. The first-order chi connectivity index (χ1) is 13.5. The van der Waals surface area contributed by atoms with Crippen LogP contribution in [0.5, 0.6) is 5.75 Å². The van der Waals surface area contributed by atoms with E-state index in [4.69, 9.17) is 9.15 Å². The van der Waals surface area contributed by atoms with Crippen LogP contribution in [0.1, 0.15) is 43.7 Å². The number of hydrogen-bond donors (Lipinski definition) is 1. The summed E-state index contributed by atoms with van der Waals surface area (Å²) in [6, 6.07) is 4.47. The van der Waals surface area contributed by atoms with Gasteiger partial charge in [0.1, 0.15) is 17.4 Å². The molecule has 4 rings (SSSR count). The predicted molar refractivity (Wildman–Crippen MR) is 102 cm³/mol. The molecule has 0 spiro atoms. The monoisotopic (exact) mass is 385 g/mol. The van der Waals surface area contributed by atoms with Crippen molar-refractivity contribution in [3.63, 3.8) is 0 Å². The third kappa shape index (κ3) is 3.25. The Morgan fingerprint density at radius 1 is 1.21 bits per heavy atom. The highest BCUT2D eigenvalue weighted by Crippen LogP contribution is 2.29. The topological polar surface area (TPSA) is 97.0 Å². The van der Waals surface area contributed by atoms with E-state index in [9.17, 15) is 19.5 Å². The summed E-state index contributed by atoms with van der Waals surface area (Å²) in [6.45, 7) is 2.02. The van der Waals surface area contributed by atoms with Gasteiger partial charge in [-0.1, -0.05) is 0 Å². The van der Waals surface area contributed by atoms with Crippen LogP contribution in [-0.4, -0.2) is 40.6 Å². The Kier molecular flexibility index (Phi) is 4.83. The maximum atomic E-state index is 12.6. The first kappa shape index (κ1) is 18.5. The second-order valence-electron chi connectivity index (χ2n) is 7.50. The summed E-state index contributed by atoms with van der Waals surface area (Å²) in [5.41, 5.74) is 1.97. The van der Waals surface area contributed by atoms with Crippen molar-refractivity contribution in [2.75, 3.05) is 6.54 Å². The van der Waals surface area contributed by atoms with E-state index in [0.717, 1.165) is 42.2 Å². The highest BCUT2D eigenvalue weighted by atomic mass is 16.5. The van der Waals surface area contributed by atoms with E-state index < -0.39 is 18.1 Å². The van der Waals surface area contributed by atoms with Crippen LogP contribution >= 0.6 is 0 Å². The molecule has 2 aromatic rings. The van der Waals surface area contributed by atoms with Crippen molar-refractivity contribution in [2.24, 2.45) is 0 Å². The molecule has 0 radical (unpaired) electrons. The number of aliphatic carboxylic acids is 1. The standard InChI is InChI=1S/C21H23NO6/c1-12(19(23)22-10-4-7-17(22)20(24)25)27-13-8-9-15-14-5-2-3-6-16(14)21(26)28-18(15)11-13/h8-9,11-12,17H,2-7,10H2,1H3,(H,24,25)/t12-,17+/m0/s1. The average molecular weight is 385 g/mol. The van der Waals surface area contributed by atoms with Gasteiger partial charge < -0.3 is 19.2 Å².